The SMILES string of the molecule is C=C(C)COCCNC(CN)c1cc(OC)cc(OC)c1. The second kappa shape index (κ2) is 9.39. The molecule has 0 radical (unpaired) electrons. The number of hydrogen-bond donors (Lipinski definition) is 2. The third-order valence-corrected chi connectivity index (χ3v) is 3.00. The van der Waals surface area contributed by atoms with Gasteiger partial charge in [-0.2, -0.15) is 0 Å². The zero-order chi connectivity index (χ0) is 15.7. The number of hydrogen-bond acceptors (Lipinski definition) is 5. The fraction of sp³-hybridized carbons (Fsp3) is 0.500. The summed E-state index contributed by atoms with van der Waals surface area (Å²) in [6.07, 6.45) is 0. The van der Waals surface area contributed by atoms with E-state index in [1.807, 2.05) is 25.1 Å². The van der Waals surface area contributed by atoms with Gasteiger partial charge in [0.25, 0.3) is 0 Å². The van der Waals surface area contributed by atoms with Crippen molar-refractivity contribution >= 4 is 0 Å². The molecule has 0 saturated heterocycles. The van der Waals surface area contributed by atoms with Gasteiger partial charge >= 0.3 is 0 Å². The molecule has 3 N–H and O–H groups in total. The molecule has 118 valence electrons. The van der Waals surface area contributed by atoms with Gasteiger partial charge in [-0.15, -0.1) is 0 Å². The normalized spacial score (nSPS) is 12.0. The predicted molar refractivity (Wildman–Crippen MR) is 85.0 cm³/mol. The quantitative estimate of drug-likeness (QED) is 0.509. The largest absolute Gasteiger partial charge is 0.497 e. The minimum absolute atomic E-state index is 0.0300. The van der Waals surface area contributed by atoms with Crippen molar-refractivity contribution in [3.05, 3.63) is 35.9 Å². The summed E-state index contributed by atoms with van der Waals surface area (Å²) in [6.45, 7) is 8.14. The summed E-state index contributed by atoms with van der Waals surface area (Å²) < 4.78 is 16.0. The van der Waals surface area contributed by atoms with Gasteiger partial charge < -0.3 is 25.3 Å². The van der Waals surface area contributed by atoms with Gasteiger partial charge in [-0.1, -0.05) is 12.2 Å². The maximum Gasteiger partial charge on any atom is 0.122 e. The van der Waals surface area contributed by atoms with Gasteiger partial charge in [-0.3, -0.25) is 0 Å². The van der Waals surface area contributed by atoms with E-state index in [0.717, 1.165) is 22.6 Å². The number of rotatable bonds is 10. The van der Waals surface area contributed by atoms with Crippen LogP contribution >= 0.6 is 0 Å². The lowest BCUT2D eigenvalue weighted by atomic mass is 10.1. The molecule has 0 aliphatic heterocycles. The molecule has 0 aromatic heterocycles. The minimum atomic E-state index is 0.0300. The first-order valence-corrected chi connectivity index (χ1v) is 6.99. The fourth-order valence-corrected chi connectivity index (χ4v) is 1.92. The zero-order valence-electron chi connectivity index (χ0n) is 13.1. The number of benzene rings is 1. The molecule has 0 fully saturated rings. The van der Waals surface area contributed by atoms with Crippen LogP contribution in [0.5, 0.6) is 11.5 Å². The van der Waals surface area contributed by atoms with Crippen LogP contribution in [-0.2, 0) is 4.74 Å². The van der Waals surface area contributed by atoms with E-state index < -0.39 is 0 Å². The topological polar surface area (TPSA) is 65.7 Å². The highest BCUT2D eigenvalue weighted by Gasteiger charge is 2.12. The molecular weight excluding hydrogens is 268 g/mol. The standard InChI is InChI=1S/C16H26N2O3/c1-12(2)11-21-6-5-18-16(10-17)13-7-14(19-3)9-15(8-13)20-4/h7-9,16,18H,1,5-6,10-11,17H2,2-4H3. The molecule has 1 atom stereocenters. The summed E-state index contributed by atoms with van der Waals surface area (Å²) in [7, 11) is 3.27. The molecule has 0 spiro atoms. The van der Waals surface area contributed by atoms with Crippen LogP contribution in [0.4, 0.5) is 0 Å². The number of nitrogens with one attached hydrogen (secondary N) is 1. The highest BCUT2D eigenvalue weighted by Crippen LogP contribution is 2.26. The van der Waals surface area contributed by atoms with Crippen molar-refractivity contribution in [1.82, 2.24) is 5.32 Å². The second-order valence-electron chi connectivity index (χ2n) is 4.90. The van der Waals surface area contributed by atoms with Gasteiger partial charge in [-0.25, -0.2) is 0 Å². The molecule has 0 amide bonds. The maximum absolute atomic E-state index is 5.85. The van der Waals surface area contributed by atoms with E-state index in [4.69, 9.17) is 19.9 Å². The average molecular weight is 294 g/mol. The third-order valence-electron chi connectivity index (χ3n) is 3.00. The van der Waals surface area contributed by atoms with Gasteiger partial charge in [0.1, 0.15) is 11.5 Å². The van der Waals surface area contributed by atoms with Crippen molar-refractivity contribution in [2.45, 2.75) is 13.0 Å². The summed E-state index contributed by atoms with van der Waals surface area (Å²) in [5.74, 6) is 1.51. The molecule has 1 rings (SSSR count). The molecule has 1 unspecified atom stereocenters. The lowest BCUT2D eigenvalue weighted by Crippen LogP contribution is -2.31. The number of nitrogens with two attached hydrogens (primary N) is 1. The van der Waals surface area contributed by atoms with Crippen LogP contribution in [0.15, 0.2) is 30.4 Å². The highest BCUT2D eigenvalue weighted by atomic mass is 16.5. The van der Waals surface area contributed by atoms with Crippen molar-refractivity contribution < 1.29 is 14.2 Å². The molecule has 0 aliphatic carbocycles. The summed E-state index contributed by atoms with van der Waals surface area (Å²) in [5.41, 5.74) is 7.90. The van der Waals surface area contributed by atoms with Crippen LogP contribution in [0.3, 0.4) is 0 Å². The minimum Gasteiger partial charge on any atom is -0.497 e. The molecule has 0 heterocycles. The number of ether oxygens (including phenoxy) is 3. The monoisotopic (exact) mass is 294 g/mol. The Bertz CT molecular complexity index is 427. The van der Waals surface area contributed by atoms with Gasteiger partial charge in [0.15, 0.2) is 0 Å². The van der Waals surface area contributed by atoms with Crippen molar-refractivity contribution in [3.8, 4) is 11.5 Å². The first-order valence-electron chi connectivity index (χ1n) is 6.99. The Morgan fingerprint density at radius 3 is 2.33 bits per heavy atom. The average Bonchev–Trinajstić information content (AvgIpc) is 2.49. The molecular formula is C16H26N2O3. The third kappa shape index (κ3) is 6.16. The Balaban J connectivity index is 2.60. The molecule has 21 heavy (non-hydrogen) atoms. The van der Waals surface area contributed by atoms with Crippen molar-refractivity contribution in [2.75, 3.05) is 40.5 Å². The van der Waals surface area contributed by atoms with Gasteiger partial charge in [0.2, 0.25) is 0 Å². The Morgan fingerprint density at radius 2 is 1.86 bits per heavy atom. The Morgan fingerprint density at radius 1 is 1.24 bits per heavy atom. The molecule has 1 aromatic rings. The molecule has 0 aliphatic rings. The first-order chi connectivity index (χ1) is 10.1. The lowest BCUT2D eigenvalue weighted by Gasteiger charge is -2.19. The van der Waals surface area contributed by atoms with Crippen molar-refractivity contribution in [3.63, 3.8) is 0 Å². The molecule has 0 bridgehead atoms. The predicted octanol–water partition coefficient (Wildman–Crippen LogP) is 1.89. The smallest absolute Gasteiger partial charge is 0.122 e. The van der Waals surface area contributed by atoms with Gasteiger partial charge in [0.05, 0.1) is 27.4 Å². The van der Waals surface area contributed by atoms with Crippen LogP contribution in [0.1, 0.15) is 18.5 Å². The van der Waals surface area contributed by atoms with Crippen LogP contribution in [0.25, 0.3) is 0 Å². The number of methoxy groups -OCH3 is 2. The molecule has 5 heteroatoms. The van der Waals surface area contributed by atoms with E-state index >= 15 is 0 Å². The highest BCUT2D eigenvalue weighted by molar-refractivity contribution is 5.40. The second-order valence-corrected chi connectivity index (χ2v) is 4.90. The lowest BCUT2D eigenvalue weighted by molar-refractivity contribution is 0.155. The molecule has 1 aromatic carbocycles. The summed E-state index contributed by atoms with van der Waals surface area (Å²) >= 11 is 0. The van der Waals surface area contributed by atoms with Gasteiger partial charge in [-0.05, 0) is 24.6 Å². The Kier molecular flexibility index (Phi) is 7.82. The van der Waals surface area contributed by atoms with Crippen molar-refractivity contribution in [2.24, 2.45) is 5.73 Å². The van der Waals surface area contributed by atoms with E-state index in [1.54, 1.807) is 14.2 Å². The van der Waals surface area contributed by atoms with E-state index in [0.29, 0.717) is 26.3 Å². The van der Waals surface area contributed by atoms with Crippen LogP contribution in [-0.4, -0.2) is 40.5 Å². The maximum atomic E-state index is 5.85. The summed E-state index contributed by atoms with van der Waals surface area (Å²) in [4.78, 5) is 0. The molecule has 0 saturated carbocycles. The van der Waals surface area contributed by atoms with E-state index in [9.17, 15) is 0 Å². The zero-order valence-corrected chi connectivity index (χ0v) is 13.1. The Hall–Kier alpha value is -1.56. The van der Waals surface area contributed by atoms with Crippen molar-refractivity contribution in [1.29, 1.82) is 0 Å². The Labute approximate surface area is 127 Å². The summed E-state index contributed by atoms with van der Waals surface area (Å²) in [5, 5.41) is 3.37. The van der Waals surface area contributed by atoms with E-state index in [-0.39, 0.29) is 6.04 Å². The van der Waals surface area contributed by atoms with Crippen LogP contribution in [0.2, 0.25) is 0 Å². The van der Waals surface area contributed by atoms with Gasteiger partial charge in [0, 0.05) is 25.2 Å². The van der Waals surface area contributed by atoms with E-state index in [2.05, 4.69) is 11.9 Å². The van der Waals surface area contributed by atoms with E-state index in [1.165, 1.54) is 0 Å². The first kappa shape index (κ1) is 17.5. The van der Waals surface area contributed by atoms with Crippen LogP contribution in [0, 0.1) is 0 Å². The fourth-order valence-electron chi connectivity index (χ4n) is 1.92. The van der Waals surface area contributed by atoms with Crippen LogP contribution < -0.4 is 20.5 Å². The molecule has 5 nitrogen and oxygen atoms in total. The summed E-state index contributed by atoms with van der Waals surface area (Å²) in [6, 6.07) is 5.79.